The van der Waals surface area contributed by atoms with Crippen LogP contribution in [-0.4, -0.2) is 47.0 Å². The van der Waals surface area contributed by atoms with E-state index in [4.69, 9.17) is 4.74 Å². The van der Waals surface area contributed by atoms with E-state index in [0.717, 1.165) is 30.7 Å². The zero-order chi connectivity index (χ0) is 17.5. The number of nitrogens with zero attached hydrogens (tertiary/aromatic N) is 1. The molecule has 25 heavy (non-hydrogen) atoms. The van der Waals surface area contributed by atoms with Crippen molar-refractivity contribution in [3.05, 3.63) is 66.2 Å². The van der Waals surface area contributed by atoms with Gasteiger partial charge in [-0.2, -0.15) is 0 Å². The van der Waals surface area contributed by atoms with Crippen LogP contribution in [0.5, 0.6) is 5.75 Å². The molecule has 1 fully saturated rings. The van der Waals surface area contributed by atoms with Crippen LogP contribution in [-0.2, 0) is 0 Å². The van der Waals surface area contributed by atoms with Gasteiger partial charge in [0.1, 0.15) is 18.5 Å². The van der Waals surface area contributed by atoms with Gasteiger partial charge in [0, 0.05) is 12.6 Å². The molecule has 0 amide bonds. The van der Waals surface area contributed by atoms with E-state index in [1.54, 1.807) is 0 Å². The zero-order valence-electron chi connectivity index (χ0n) is 14.5. The average Bonchev–Trinajstić information content (AvgIpc) is 3.08. The zero-order valence-corrected chi connectivity index (χ0v) is 14.5. The monoisotopic (exact) mass is 341 g/mol. The summed E-state index contributed by atoms with van der Waals surface area (Å²) in [6.45, 7) is 1.84. The van der Waals surface area contributed by atoms with Crippen molar-refractivity contribution in [2.24, 2.45) is 0 Å². The third-order valence-electron chi connectivity index (χ3n) is 4.81. The second-order valence-corrected chi connectivity index (χ2v) is 6.73. The van der Waals surface area contributed by atoms with Gasteiger partial charge < -0.3 is 14.9 Å². The number of aliphatic hydroxyl groups excluding tert-OH is 2. The minimum atomic E-state index is -0.533. The Bertz CT molecular complexity index is 620. The number of hydrogen-bond donors (Lipinski definition) is 2. The normalized spacial score (nSPS) is 20.3. The highest BCUT2D eigenvalue weighted by Gasteiger charge is 2.28. The van der Waals surface area contributed by atoms with Gasteiger partial charge in [0.2, 0.25) is 0 Å². The molecule has 1 aliphatic rings. The Morgan fingerprint density at radius 1 is 1.00 bits per heavy atom. The van der Waals surface area contributed by atoms with Gasteiger partial charge in [0.05, 0.1) is 6.10 Å². The highest BCUT2D eigenvalue weighted by Crippen LogP contribution is 2.27. The van der Waals surface area contributed by atoms with Crippen LogP contribution in [0.2, 0.25) is 0 Å². The molecular formula is C21H27NO3. The number of β-amino-alcohol motifs (C(OH)–C–C–N with tert-alkyl or cyclic N) is 1. The molecule has 4 nitrogen and oxygen atoms in total. The van der Waals surface area contributed by atoms with Crippen molar-refractivity contribution in [1.82, 2.24) is 4.90 Å². The van der Waals surface area contributed by atoms with Crippen molar-refractivity contribution in [3.63, 3.8) is 0 Å². The Morgan fingerprint density at radius 3 is 2.40 bits per heavy atom. The molecule has 0 radical (unpaired) electrons. The van der Waals surface area contributed by atoms with Gasteiger partial charge in [-0.25, -0.2) is 0 Å². The molecule has 2 aromatic carbocycles. The Hall–Kier alpha value is -1.88. The quantitative estimate of drug-likeness (QED) is 0.775. The molecule has 0 bridgehead atoms. The van der Waals surface area contributed by atoms with Crippen LogP contribution in [0.25, 0.3) is 0 Å². The van der Waals surface area contributed by atoms with Crippen molar-refractivity contribution >= 4 is 0 Å². The second kappa shape index (κ2) is 8.99. The van der Waals surface area contributed by atoms with E-state index in [-0.39, 0.29) is 6.61 Å². The Kier molecular flexibility index (Phi) is 6.45. The van der Waals surface area contributed by atoms with Crippen molar-refractivity contribution in [2.45, 2.75) is 37.5 Å². The fourth-order valence-electron chi connectivity index (χ4n) is 3.50. The molecule has 134 valence electrons. The Labute approximate surface area is 149 Å². The van der Waals surface area contributed by atoms with E-state index in [0.29, 0.717) is 19.0 Å². The molecule has 1 aliphatic heterocycles. The summed E-state index contributed by atoms with van der Waals surface area (Å²) in [7, 11) is 0. The molecule has 0 aromatic heterocycles. The molecule has 0 saturated carbocycles. The number of benzene rings is 2. The molecule has 4 heteroatoms. The molecule has 1 heterocycles. The minimum absolute atomic E-state index is 0.286. The molecule has 2 N–H and O–H groups in total. The molecule has 3 atom stereocenters. The first-order valence-electron chi connectivity index (χ1n) is 9.05. The van der Waals surface area contributed by atoms with E-state index in [1.807, 2.05) is 60.7 Å². The topological polar surface area (TPSA) is 52.9 Å². The van der Waals surface area contributed by atoms with Gasteiger partial charge >= 0.3 is 0 Å². The molecule has 3 rings (SSSR count). The summed E-state index contributed by atoms with van der Waals surface area (Å²) >= 11 is 0. The third-order valence-corrected chi connectivity index (χ3v) is 4.81. The molecule has 1 saturated heterocycles. The van der Waals surface area contributed by atoms with E-state index in [9.17, 15) is 10.2 Å². The van der Waals surface area contributed by atoms with Gasteiger partial charge in [0.15, 0.2) is 0 Å². The van der Waals surface area contributed by atoms with Crippen LogP contribution >= 0.6 is 0 Å². The minimum Gasteiger partial charge on any atom is -0.491 e. The summed E-state index contributed by atoms with van der Waals surface area (Å²) in [5.41, 5.74) is 0.960. The summed E-state index contributed by atoms with van der Waals surface area (Å²) in [4.78, 5) is 2.28. The maximum atomic E-state index is 10.5. The molecule has 0 aliphatic carbocycles. The summed E-state index contributed by atoms with van der Waals surface area (Å²) < 4.78 is 5.64. The van der Waals surface area contributed by atoms with E-state index < -0.39 is 12.2 Å². The number of hydrogen-bond acceptors (Lipinski definition) is 4. The van der Waals surface area contributed by atoms with Gasteiger partial charge in [-0.15, -0.1) is 0 Å². The largest absolute Gasteiger partial charge is 0.491 e. The maximum absolute atomic E-state index is 10.5. The predicted octanol–water partition coefficient (Wildman–Crippen LogP) is 3.01. The number of likely N-dealkylation sites (tertiary alicyclic amines) is 1. The first-order valence-corrected chi connectivity index (χ1v) is 9.05. The molecule has 3 unspecified atom stereocenters. The third kappa shape index (κ3) is 5.30. The van der Waals surface area contributed by atoms with Crippen molar-refractivity contribution in [1.29, 1.82) is 0 Å². The van der Waals surface area contributed by atoms with Gasteiger partial charge in [-0.05, 0) is 43.5 Å². The summed E-state index contributed by atoms with van der Waals surface area (Å²) in [5, 5.41) is 20.8. The molecular weight excluding hydrogens is 314 g/mol. The van der Waals surface area contributed by atoms with Crippen molar-refractivity contribution < 1.29 is 14.9 Å². The van der Waals surface area contributed by atoms with Crippen LogP contribution in [0.4, 0.5) is 0 Å². The van der Waals surface area contributed by atoms with Gasteiger partial charge in [-0.1, -0.05) is 48.5 Å². The summed E-state index contributed by atoms with van der Waals surface area (Å²) in [5.74, 6) is 0.777. The first kappa shape index (κ1) is 17.9. The smallest absolute Gasteiger partial charge is 0.119 e. The van der Waals surface area contributed by atoms with Crippen LogP contribution in [0.1, 0.15) is 30.9 Å². The lowest BCUT2D eigenvalue weighted by Crippen LogP contribution is -2.39. The number of ether oxygens (including phenoxy) is 1. The van der Waals surface area contributed by atoms with Gasteiger partial charge in [0.25, 0.3) is 0 Å². The Balaban J connectivity index is 1.48. The average molecular weight is 341 g/mol. The summed E-state index contributed by atoms with van der Waals surface area (Å²) in [6.07, 6.45) is 1.89. The predicted molar refractivity (Wildman–Crippen MR) is 98.6 cm³/mol. The van der Waals surface area contributed by atoms with Crippen molar-refractivity contribution in [2.75, 3.05) is 19.7 Å². The number of rotatable bonds is 8. The molecule has 2 aromatic rings. The summed E-state index contributed by atoms with van der Waals surface area (Å²) in [6, 6.07) is 19.7. The Morgan fingerprint density at radius 2 is 1.68 bits per heavy atom. The highest BCUT2D eigenvalue weighted by atomic mass is 16.5. The SMILES string of the molecule is OC(COc1ccccc1)CN1CCCC1CC(O)c1ccccc1. The fraction of sp³-hybridized carbons (Fsp3) is 0.429. The van der Waals surface area contributed by atoms with Crippen LogP contribution in [0, 0.1) is 0 Å². The lowest BCUT2D eigenvalue weighted by Gasteiger charge is -2.28. The number of para-hydroxylation sites is 1. The van der Waals surface area contributed by atoms with E-state index in [1.165, 1.54) is 0 Å². The van der Waals surface area contributed by atoms with E-state index >= 15 is 0 Å². The van der Waals surface area contributed by atoms with Crippen molar-refractivity contribution in [3.8, 4) is 5.75 Å². The van der Waals surface area contributed by atoms with Crippen LogP contribution < -0.4 is 4.74 Å². The van der Waals surface area contributed by atoms with Crippen LogP contribution in [0.3, 0.4) is 0 Å². The lowest BCUT2D eigenvalue weighted by atomic mass is 10.0. The first-order chi connectivity index (χ1) is 12.2. The van der Waals surface area contributed by atoms with E-state index in [2.05, 4.69) is 4.90 Å². The maximum Gasteiger partial charge on any atom is 0.119 e. The second-order valence-electron chi connectivity index (χ2n) is 6.73. The molecule has 0 spiro atoms. The highest BCUT2D eigenvalue weighted by molar-refractivity contribution is 5.21. The lowest BCUT2D eigenvalue weighted by molar-refractivity contribution is 0.0514. The van der Waals surface area contributed by atoms with Gasteiger partial charge in [-0.3, -0.25) is 4.90 Å². The fourth-order valence-corrected chi connectivity index (χ4v) is 3.50. The standard InChI is InChI=1S/C21H27NO3/c23-19(16-25-20-11-5-2-6-12-20)15-22-13-7-10-18(22)14-21(24)17-8-3-1-4-9-17/h1-6,8-9,11-12,18-19,21,23-24H,7,10,13-16H2. The number of aliphatic hydroxyl groups is 2. The van der Waals surface area contributed by atoms with Crippen LogP contribution in [0.15, 0.2) is 60.7 Å².